The molecular weight excluding hydrogens is 260 g/mol. The first-order valence-corrected chi connectivity index (χ1v) is 6.81. The molecule has 0 amide bonds. The molecule has 20 heavy (non-hydrogen) atoms. The molecule has 1 aliphatic rings. The molecule has 6 heteroatoms. The van der Waals surface area contributed by atoms with Crippen molar-refractivity contribution in [1.82, 2.24) is 0 Å². The Morgan fingerprint density at radius 3 is 2.65 bits per heavy atom. The van der Waals surface area contributed by atoms with Gasteiger partial charge in [0.05, 0.1) is 24.6 Å². The lowest BCUT2D eigenvalue weighted by atomic mass is 10.2. The molecule has 3 N–H and O–H groups in total. The molecule has 1 aliphatic heterocycles. The van der Waals surface area contributed by atoms with Crippen LogP contribution in [0.25, 0.3) is 0 Å². The third kappa shape index (κ3) is 4.18. The van der Waals surface area contributed by atoms with Crippen molar-refractivity contribution < 1.29 is 18.9 Å². The number of hydrogen-bond acceptors (Lipinski definition) is 6. The molecule has 0 unspecified atom stereocenters. The number of nitrogens with one attached hydrogen (secondary N) is 1. The number of hydrogen-bond donors (Lipinski definition) is 2. The van der Waals surface area contributed by atoms with Crippen molar-refractivity contribution in [2.24, 2.45) is 0 Å². The number of nitrogen functional groups attached to an aromatic ring is 1. The Balaban J connectivity index is 1.75. The SMILES string of the molecule is COCCOCCCNc1cc2c(cc1N)OCCO2. The Morgan fingerprint density at radius 1 is 1.15 bits per heavy atom. The zero-order valence-corrected chi connectivity index (χ0v) is 11.8. The van der Waals surface area contributed by atoms with E-state index in [-0.39, 0.29) is 0 Å². The van der Waals surface area contributed by atoms with E-state index in [4.69, 9.17) is 24.7 Å². The lowest BCUT2D eigenvalue weighted by Gasteiger charge is -2.20. The maximum absolute atomic E-state index is 5.98. The minimum absolute atomic E-state index is 0.567. The van der Waals surface area contributed by atoms with E-state index in [1.54, 1.807) is 13.2 Å². The molecular formula is C14H22N2O4. The van der Waals surface area contributed by atoms with E-state index in [0.717, 1.165) is 24.4 Å². The van der Waals surface area contributed by atoms with Crippen molar-refractivity contribution in [2.45, 2.75) is 6.42 Å². The average Bonchev–Trinajstić information content (AvgIpc) is 2.46. The van der Waals surface area contributed by atoms with Crippen molar-refractivity contribution in [3.8, 4) is 11.5 Å². The van der Waals surface area contributed by atoms with Gasteiger partial charge in [-0.1, -0.05) is 0 Å². The number of rotatable bonds is 8. The van der Waals surface area contributed by atoms with Gasteiger partial charge in [0.2, 0.25) is 0 Å². The summed E-state index contributed by atoms with van der Waals surface area (Å²) in [7, 11) is 1.66. The van der Waals surface area contributed by atoms with Crippen molar-refractivity contribution in [3.63, 3.8) is 0 Å². The Morgan fingerprint density at radius 2 is 1.90 bits per heavy atom. The minimum atomic E-state index is 0.567. The van der Waals surface area contributed by atoms with Crippen LogP contribution in [0.15, 0.2) is 12.1 Å². The lowest BCUT2D eigenvalue weighted by Crippen LogP contribution is -2.16. The van der Waals surface area contributed by atoms with Gasteiger partial charge in [0.1, 0.15) is 13.2 Å². The molecule has 0 saturated carbocycles. The molecule has 1 aromatic carbocycles. The fourth-order valence-corrected chi connectivity index (χ4v) is 1.90. The topological polar surface area (TPSA) is 75.0 Å². The van der Waals surface area contributed by atoms with E-state index in [2.05, 4.69) is 5.32 Å². The second-order valence-corrected chi connectivity index (χ2v) is 4.47. The Kier molecular flexibility index (Phi) is 5.76. The maximum Gasteiger partial charge on any atom is 0.163 e. The van der Waals surface area contributed by atoms with Gasteiger partial charge >= 0.3 is 0 Å². The molecule has 1 aromatic rings. The quantitative estimate of drug-likeness (QED) is 0.556. The molecule has 112 valence electrons. The van der Waals surface area contributed by atoms with Gasteiger partial charge in [0.15, 0.2) is 11.5 Å². The molecule has 0 spiro atoms. The monoisotopic (exact) mass is 282 g/mol. The first-order chi connectivity index (χ1) is 9.81. The van der Waals surface area contributed by atoms with Crippen LogP contribution >= 0.6 is 0 Å². The molecule has 1 heterocycles. The molecule has 0 bridgehead atoms. The standard InChI is InChI=1S/C14H22N2O4/c1-17-5-6-18-4-2-3-16-12-10-14-13(9-11(12)15)19-7-8-20-14/h9-10,16H,2-8,15H2,1H3. The highest BCUT2D eigenvalue weighted by Crippen LogP contribution is 2.36. The first kappa shape index (κ1) is 14.7. The number of benzene rings is 1. The predicted octanol–water partition coefficient (Wildman–Crippen LogP) is 1.50. The third-order valence-corrected chi connectivity index (χ3v) is 2.93. The van der Waals surface area contributed by atoms with Crippen LogP contribution in [0.4, 0.5) is 11.4 Å². The zero-order chi connectivity index (χ0) is 14.2. The van der Waals surface area contributed by atoms with Gasteiger partial charge < -0.3 is 30.0 Å². The fraction of sp³-hybridized carbons (Fsp3) is 0.571. The van der Waals surface area contributed by atoms with E-state index in [1.165, 1.54) is 0 Å². The van der Waals surface area contributed by atoms with Crippen LogP contribution in [0.1, 0.15) is 6.42 Å². The summed E-state index contributed by atoms with van der Waals surface area (Å²) >= 11 is 0. The number of nitrogens with two attached hydrogens (primary N) is 1. The van der Waals surface area contributed by atoms with Crippen LogP contribution in [0, 0.1) is 0 Å². The summed E-state index contributed by atoms with van der Waals surface area (Å²) in [6.07, 6.45) is 0.900. The van der Waals surface area contributed by atoms with Crippen molar-refractivity contribution >= 4 is 11.4 Å². The summed E-state index contributed by atoms with van der Waals surface area (Å²) < 4.78 is 21.3. The van der Waals surface area contributed by atoms with E-state index < -0.39 is 0 Å². The van der Waals surface area contributed by atoms with Gasteiger partial charge in [-0.2, -0.15) is 0 Å². The lowest BCUT2D eigenvalue weighted by molar-refractivity contribution is 0.0705. The van der Waals surface area contributed by atoms with Gasteiger partial charge in [0.25, 0.3) is 0 Å². The summed E-state index contributed by atoms with van der Waals surface area (Å²) in [5, 5.41) is 3.28. The highest BCUT2D eigenvalue weighted by atomic mass is 16.6. The van der Waals surface area contributed by atoms with Gasteiger partial charge in [-0.05, 0) is 6.42 Å². The second-order valence-electron chi connectivity index (χ2n) is 4.47. The molecule has 0 atom stereocenters. The predicted molar refractivity (Wildman–Crippen MR) is 77.6 cm³/mol. The summed E-state index contributed by atoms with van der Waals surface area (Å²) in [5.41, 5.74) is 7.51. The summed E-state index contributed by atoms with van der Waals surface area (Å²) in [6, 6.07) is 3.68. The highest BCUT2D eigenvalue weighted by molar-refractivity contribution is 5.72. The average molecular weight is 282 g/mol. The van der Waals surface area contributed by atoms with Gasteiger partial charge in [-0.15, -0.1) is 0 Å². The summed E-state index contributed by atoms with van der Waals surface area (Å²) in [6.45, 7) is 3.88. The molecule has 0 aromatic heterocycles. The summed E-state index contributed by atoms with van der Waals surface area (Å²) in [4.78, 5) is 0. The van der Waals surface area contributed by atoms with Gasteiger partial charge in [0, 0.05) is 32.4 Å². The molecule has 2 rings (SSSR count). The minimum Gasteiger partial charge on any atom is -0.486 e. The van der Waals surface area contributed by atoms with Crippen LogP contribution in [0.3, 0.4) is 0 Å². The van der Waals surface area contributed by atoms with Crippen molar-refractivity contribution in [2.75, 3.05) is 57.7 Å². The maximum atomic E-state index is 5.98. The molecule has 0 fully saturated rings. The van der Waals surface area contributed by atoms with Crippen LogP contribution in [0.2, 0.25) is 0 Å². The molecule has 0 aliphatic carbocycles. The third-order valence-electron chi connectivity index (χ3n) is 2.93. The van der Waals surface area contributed by atoms with E-state index in [1.807, 2.05) is 6.07 Å². The van der Waals surface area contributed by atoms with Gasteiger partial charge in [-0.25, -0.2) is 0 Å². The summed E-state index contributed by atoms with van der Waals surface area (Å²) in [5.74, 6) is 1.45. The highest BCUT2D eigenvalue weighted by Gasteiger charge is 2.14. The Bertz CT molecular complexity index is 426. The normalized spacial score (nSPS) is 13.2. The van der Waals surface area contributed by atoms with Crippen LogP contribution in [0.5, 0.6) is 11.5 Å². The fourth-order valence-electron chi connectivity index (χ4n) is 1.90. The molecule has 0 radical (unpaired) electrons. The van der Waals surface area contributed by atoms with Crippen molar-refractivity contribution in [3.05, 3.63) is 12.1 Å². The van der Waals surface area contributed by atoms with Gasteiger partial charge in [-0.3, -0.25) is 0 Å². The van der Waals surface area contributed by atoms with Crippen LogP contribution in [-0.4, -0.2) is 46.7 Å². The van der Waals surface area contributed by atoms with Crippen LogP contribution in [-0.2, 0) is 9.47 Å². The Labute approximate surface area is 119 Å². The molecule has 0 saturated heterocycles. The van der Waals surface area contributed by atoms with E-state index in [9.17, 15) is 0 Å². The van der Waals surface area contributed by atoms with E-state index >= 15 is 0 Å². The largest absolute Gasteiger partial charge is 0.486 e. The van der Waals surface area contributed by atoms with Crippen molar-refractivity contribution in [1.29, 1.82) is 0 Å². The first-order valence-electron chi connectivity index (χ1n) is 6.81. The second kappa shape index (κ2) is 7.81. The van der Waals surface area contributed by atoms with E-state index in [0.29, 0.717) is 44.5 Å². The smallest absolute Gasteiger partial charge is 0.163 e. The number of anilines is 2. The van der Waals surface area contributed by atoms with Crippen LogP contribution < -0.4 is 20.5 Å². The number of ether oxygens (including phenoxy) is 4. The number of methoxy groups -OCH3 is 1. The molecule has 6 nitrogen and oxygen atoms in total. The Hall–Kier alpha value is -1.66. The zero-order valence-electron chi connectivity index (χ0n) is 11.8. The number of fused-ring (bicyclic) bond motifs is 1.